The van der Waals surface area contributed by atoms with Crippen molar-refractivity contribution in [3.63, 3.8) is 0 Å². The van der Waals surface area contributed by atoms with Crippen LogP contribution in [0.15, 0.2) is 0 Å². The first-order valence-electron chi connectivity index (χ1n) is 38.5. The highest BCUT2D eigenvalue weighted by Crippen LogP contribution is 2.45. The maximum atomic E-state index is 13.1. The van der Waals surface area contributed by atoms with E-state index in [1.54, 1.807) is 0 Å². The smallest absolute Gasteiger partial charge is 0.462 e. The number of ether oxygens (including phenoxy) is 4. The van der Waals surface area contributed by atoms with Gasteiger partial charge in [0.1, 0.15) is 19.3 Å². The van der Waals surface area contributed by atoms with Crippen LogP contribution < -0.4 is 0 Å². The number of rotatable bonds is 73. The summed E-state index contributed by atoms with van der Waals surface area (Å²) < 4.78 is 68.1. The van der Waals surface area contributed by atoms with Gasteiger partial charge in [0.15, 0.2) is 12.2 Å². The average molecular weight is 1370 g/mol. The van der Waals surface area contributed by atoms with Gasteiger partial charge in [-0.05, 0) is 37.5 Å². The molecule has 0 spiro atoms. The number of hydrogen-bond acceptors (Lipinski definition) is 15. The van der Waals surface area contributed by atoms with E-state index in [0.29, 0.717) is 25.7 Å². The Labute approximate surface area is 568 Å². The molecule has 0 fully saturated rings. The SMILES string of the molecule is CCCCCCCCCCC(=O)O[C@H](COC(=O)CCCCCCC)COP(=O)(O)OC[C@H](O)COP(=O)(O)OC[C@@H](COC(=O)CCCCCCCCCCCCCCCCCCC(C)C)OC(=O)CCCCCCCCCCCCCCCCCCCCC(C)C. The van der Waals surface area contributed by atoms with Crippen LogP contribution in [-0.4, -0.2) is 96.7 Å². The van der Waals surface area contributed by atoms with E-state index in [2.05, 4.69) is 41.5 Å². The van der Waals surface area contributed by atoms with E-state index in [1.165, 1.54) is 186 Å². The molecule has 0 aromatic heterocycles. The highest BCUT2D eigenvalue weighted by atomic mass is 31.2. The number of aliphatic hydroxyl groups excluding tert-OH is 1. The predicted molar refractivity (Wildman–Crippen MR) is 377 cm³/mol. The maximum absolute atomic E-state index is 13.1. The second-order valence-electron chi connectivity index (χ2n) is 27.6. The van der Waals surface area contributed by atoms with Crippen LogP contribution >= 0.6 is 15.6 Å². The van der Waals surface area contributed by atoms with Crippen molar-refractivity contribution in [2.24, 2.45) is 11.8 Å². The van der Waals surface area contributed by atoms with Crippen molar-refractivity contribution < 1.29 is 80.2 Å². The molecule has 0 aliphatic rings. The zero-order valence-electron chi connectivity index (χ0n) is 60.6. The van der Waals surface area contributed by atoms with Gasteiger partial charge in [-0.2, -0.15) is 0 Å². The highest BCUT2D eigenvalue weighted by Gasteiger charge is 2.30. The minimum absolute atomic E-state index is 0.104. The van der Waals surface area contributed by atoms with Crippen molar-refractivity contribution in [3.8, 4) is 0 Å². The zero-order chi connectivity index (χ0) is 68.6. The topological polar surface area (TPSA) is 237 Å². The Balaban J connectivity index is 5.08. The number of phosphoric ester groups is 2. The van der Waals surface area contributed by atoms with Gasteiger partial charge in [0.2, 0.25) is 0 Å². The van der Waals surface area contributed by atoms with Crippen molar-refractivity contribution in [2.75, 3.05) is 39.6 Å². The second kappa shape index (κ2) is 66.0. The van der Waals surface area contributed by atoms with Gasteiger partial charge < -0.3 is 33.8 Å². The molecular formula is C74H144O17P2. The molecule has 93 heavy (non-hydrogen) atoms. The summed E-state index contributed by atoms with van der Waals surface area (Å²) in [7, 11) is -9.89. The van der Waals surface area contributed by atoms with Crippen LogP contribution in [0.3, 0.4) is 0 Å². The lowest BCUT2D eigenvalue weighted by molar-refractivity contribution is -0.161. The van der Waals surface area contributed by atoms with Crippen LogP contribution in [0.5, 0.6) is 0 Å². The first-order chi connectivity index (χ1) is 44.9. The number of aliphatic hydroxyl groups is 1. The lowest BCUT2D eigenvalue weighted by Crippen LogP contribution is -2.30. The maximum Gasteiger partial charge on any atom is 0.472 e. The third kappa shape index (κ3) is 68.4. The molecule has 0 aliphatic heterocycles. The van der Waals surface area contributed by atoms with Crippen LogP contribution in [0, 0.1) is 11.8 Å². The van der Waals surface area contributed by atoms with Gasteiger partial charge in [-0.1, -0.05) is 330 Å². The Morgan fingerprint density at radius 1 is 0.290 bits per heavy atom. The van der Waals surface area contributed by atoms with Gasteiger partial charge in [0.25, 0.3) is 0 Å². The molecule has 19 heteroatoms. The van der Waals surface area contributed by atoms with Crippen LogP contribution in [0.2, 0.25) is 0 Å². The number of esters is 4. The summed E-state index contributed by atoms with van der Waals surface area (Å²) in [5, 5.41) is 10.6. The minimum Gasteiger partial charge on any atom is -0.462 e. The largest absolute Gasteiger partial charge is 0.472 e. The lowest BCUT2D eigenvalue weighted by Gasteiger charge is -2.21. The molecule has 0 radical (unpaired) electrons. The molecule has 0 amide bonds. The summed E-state index contributed by atoms with van der Waals surface area (Å²) in [4.78, 5) is 72.3. The molecule has 0 aromatic rings. The summed E-state index contributed by atoms with van der Waals surface area (Å²) in [5.41, 5.74) is 0. The van der Waals surface area contributed by atoms with Gasteiger partial charge in [-0.3, -0.25) is 37.3 Å². The summed E-state index contributed by atoms with van der Waals surface area (Å²) in [5.74, 6) is -0.501. The van der Waals surface area contributed by atoms with Crippen molar-refractivity contribution in [2.45, 2.75) is 400 Å². The van der Waals surface area contributed by atoms with Gasteiger partial charge in [0.05, 0.1) is 26.4 Å². The molecular weight excluding hydrogens is 1220 g/mol. The fourth-order valence-corrected chi connectivity index (χ4v) is 12.9. The van der Waals surface area contributed by atoms with E-state index in [-0.39, 0.29) is 25.7 Å². The van der Waals surface area contributed by atoms with Gasteiger partial charge in [-0.15, -0.1) is 0 Å². The number of phosphoric acid groups is 2. The van der Waals surface area contributed by atoms with Crippen LogP contribution in [0.1, 0.15) is 382 Å². The van der Waals surface area contributed by atoms with Gasteiger partial charge in [-0.25, -0.2) is 9.13 Å². The standard InChI is InChI=1S/C74H144O17P2/c1-7-9-11-13-14-39-46-52-58-73(78)90-69(62-84-71(76)56-50-42-12-10-8-2)64-88-92(80,81)86-60-68(75)61-87-93(82,83)89-65-70(63-85-72(77)57-51-45-40-35-31-27-23-20-19-22-26-30-34-38-44-49-55-67(5)6)91-74(79)59-53-47-41-36-32-28-24-18-16-15-17-21-25-29-33-37-43-48-54-66(3)4/h66-70,75H,7-65H2,1-6H3,(H,80,81)(H,82,83)/t68-,69+,70+/m0/s1. The molecule has 0 saturated carbocycles. The summed E-state index contributed by atoms with van der Waals surface area (Å²) in [6.45, 7) is 9.52. The number of unbranched alkanes of at least 4 members (excludes halogenated alkanes) is 43. The Morgan fingerprint density at radius 3 is 0.731 bits per heavy atom. The van der Waals surface area contributed by atoms with Crippen LogP contribution in [-0.2, 0) is 65.4 Å². The number of carbonyl (C=O) groups excluding carboxylic acids is 4. The Morgan fingerprint density at radius 2 is 0.495 bits per heavy atom. The Bertz CT molecular complexity index is 1800. The molecule has 552 valence electrons. The fourth-order valence-electron chi connectivity index (χ4n) is 11.3. The molecule has 0 heterocycles. The molecule has 0 rings (SSSR count). The van der Waals surface area contributed by atoms with Crippen LogP contribution in [0.4, 0.5) is 0 Å². The minimum atomic E-state index is -4.95. The van der Waals surface area contributed by atoms with E-state index >= 15 is 0 Å². The number of carbonyl (C=O) groups is 4. The first-order valence-corrected chi connectivity index (χ1v) is 41.5. The van der Waals surface area contributed by atoms with Gasteiger partial charge in [0, 0.05) is 25.7 Å². The van der Waals surface area contributed by atoms with Crippen LogP contribution in [0.25, 0.3) is 0 Å². The highest BCUT2D eigenvalue weighted by molar-refractivity contribution is 7.47. The molecule has 5 atom stereocenters. The van der Waals surface area contributed by atoms with Crippen molar-refractivity contribution in [1.82, 2.24) is 0 Å². The van der Waals surface area contributed by atoms with E-state index in [1.807, 2.05) is 0 Å². The normalized spacial score (nSPS) is 14.1. The zero-order valence-corrected chi connectivity index (χ0v) is 62.3. The molecule has 2 unspecified atom stereocenters. The molecule has 0 bridgehead atoms. The van der Waals surface area contributed by atoms with Gasteiger partial charge >= 0.3 is 39.5 Å². The fraction of sp³-hybridized carbons (Fsp3) is 0.946. The van der Waals surface area contributed by atoms with Crippen molar-refractivity contribution >= 4 is 39.5 Å². The third-order valence-electron chi connectivity index (χ3n) is 17.2. The Kier molecular flexibility index (Phi) is 64.6. The molecule has 0 aromatic carbocycles. The third-order valence-corrected chi connectivity index (χ3v) is 19.1. The first kappa shape index (κ1) is 91.1. The van der Waals surface area contributed by atoms with E-state index in [9.17, 15) is 43.2 Å². The number of hydrogen-bond donors (Lipinski definition) is 3. The van der Waals surface area contributed by atoms with E-state index in [4.69, 9.17) is 37.0 Å². The Hall–Kier alpha value is -1.94. The molecule has 3 N–H and O–H groups in total. The second-order valence-corrected chi connectivity index (χ2v) is 30.5. The van der Waals surface area contributed by atoms with Crippen molar-refractivity contribution in [3.05, 3.63) is 0 Å². The average Bonchev–Trinajstić information content (AvgIpc) is 2.03. The summed E-state index contributed by atoms with van der Waals surface area (Å²) in [6, 6.07) is 0. The van der Waals surface area contributed by atoms with E-state index in [0.717, 1.165) is 115 Å². The molecule has 0 aliphatic carbocycles. The summed E-state index contributed by atoms with van der Waals surface area (Å²) >= 11 is 0. The molecule has 17 nitrogen and oxygen atoms in total. The monoisotopic (exact) mass is 1370 g/mol. The summed E-state index contributed by atoms with van der Waals surface area (Å²) in [6.07, 6.45) is 53.4. The van der Waals surface area contributed by atoms with Crippen molar-refractivity contribution in [1.29, 1.82) is 0 Å². The molecule has 0 saturated heterocycles. The quantitative estimate of drug-likeness (QED) is 0.0222. The van der Waals surface area contributed by atoms with E-state index < -0.39 is 97.5 Å². The predicted octanol–water partition coefficient (Wildman–Crippen LogP) is 21.6. The lowest BCUT2D eigenvalue weighted by atomic mass is 10.0.